The van der Waals surface area contributed by atoms with Gasteiger partial charge in [0.25, 0.3) is 0 Å². The summed E-state index contributed by atoms with van der Waals surface area (Å²) in [6, 6.07) is 0. The fourth-order valence-electron chi connectivity index (χ4n) is 9.24. The Morgan fingerprint density at radius 3 is 1.02 bits per heavy atom. The van der Waals surface area contributed by atoms with Gasteiger partial charge in [-0.05, 0) is 103 Å². The average Bonchev–Trinajstić information content (AvgIpc) is 3.46. The number of nitrogens with two attached hydrogens (primary N) is 1. The molecule has 10 heteroatoms. The Labute approximate surface area is 499 Å². The number of carbonyl (C=O) groups excluding carboxylic acids is 2. The minimum absolute atomic E-state index is 0.0498. The second-order valence-corrected chi connectivity index (χ2v) is 23.4. The van der Waals surface area contributed by atoms with E-state index in [-0.39, 0.29) is 38.6 Å². The molecule has 0 aromatic heterocycles. The maximum absolute atomic E-state index is 12.8. The highest BCUT2D eigenvalue weighted by Crippen LogP contribution is 2.43. The fourth-order valence-corrected chi connectivity index (χ4v) is 10.0. The molecule has 2 unspecified atom stereocenters. The molecule has 0 rings (SSSR count). The smallest absolute Gasteiger partial charge is 0.462 e. The summed E-state index contributed by atoms with van der Waals surface area (Å²) in [5.41, 5.74) is 5.40. The Hall–Kier alpha value is -3.33. The fraction of sp³-hybridized carbons (Fsp3) is 0.718. The number of esters is 2. The monoisotopic (exact) mass is 1150 g/mol. The third-order valence-electron chi connectivity index (χ3n) is 14.1. The number of carbonyl (C=O) groups is 2. The third-order valence-corrected chi connectivity index (χ3v) is 15.1. The van der Waals surface area contributed by atoms with Gasteiger partial charge in [0.05, 0.1) is 13.2 Å². The molecule has 0 aromatic rings. The van der Waals surface area contributed by atoms with Crippen LogP contribution in [0.3, 0.4) is 0 Å². The Kier molecular flexibility index (Phi) is 63.1. The first-order chi connectivity index (χ1) is 39.8. The predicted octanol–water partition coefficient (Wildman–Crippen LogP) is 21.7. The Morgan fingerprint density at radius 1 is 0.383 bits per heavy atom. The molecule has 466 valence electrons. The van der Waals surface area contributed by atoms with Crippen LogP contribution in [0, 0.1) is 0 Å². The summed E-state index contributed by atoms with van der Waals surface area (Å²) in [5.74, 6) is -0.826. The van der Waals surface area contributed by atoms with Crippen LogP contribution in [0.5, 0.6) is 0 Å². The molecule has 0 amide bonds. The molecule has 0 saturated carbocycles. The quantitative estimate of drug-likeness (QED) is 0.0264. The highest BCUT2D eigenvalue weighted by Gasteiger charge is 2.26. The minimum atomic E-state index is -4.40. The summed E-state index contributed by atoms with van der Waals surface area (Å²) in [7, 11) is -4.40. The zero-order chi connectivity index (χ0) is 58.7. The van der Waals surface area contributed by atoms with Crippen LogP contribution in [0.25, 0.3) is 0 Å². The van der Waals surface area contributed by atoms with Crippen LogP contribution in [-0.2, 0) is 32.7 Å². The van der Waals surface area contributed by atoms with E-state index in [1.807, 2.05) is 0 Å². The summed E-state index contributed by atoms with van der Waals surface area (Å²) < 4.78 is 33.1. The van der Waals surface area contributed by atoms with E-state index in [0.29, 0.717) is 6.42 Å². The summed E-state index contributed by atoms with van der Waals surface area (Å²) >= 11 is 0. The number of phosphoric acid groups is 1. The van der Waals surface area contributed by atoms with E-state index in [9.17, 15) is 19.0 Å². The van der Waals surface area contributed by atoms with Crippen LogP contribution in [0.4, 0.5) is 0 Å². The lowest BCUT2D eigenvalue weighted by atomic mass is 10.0. The summed E-state index contributed by atoms with van der Waals surface area (Å²) in [6.07, 6.45) is 90.2. The van der Waals surface area contributed by atoms with Crippen LogP contribution in [0.2, 0.25) is 0 Å². The molecule has 0 aliphatic heterocycles. The van der Waals surface area contributed by atoms with E-state index in [1.54, 1.807) is 0 Å². The highest BCUT2D eigenvalue weighted by molar-refractivity contribution is 7.47. The molecule has 0 aliphatic rings. The van der Waals surface area contributed by atoms with Crippen molar-refractivity contribution in [1.82, 2.24) is 0 Å². The van der Waals surface area contributed by atoms with Crippen molar-refractivity contribution in [2.75, 3.05) is 26.4 Å². The van der Waals surface area contributed by atoms with Crippen molar-refractivity contribution in [3.8, 4) is 0 Å². The van der Waals surface area contributed by atoms with Crippen molar-refractivity contribution in [2.24, 2.45) is 5.73 Å². The van der Waals surface area contributed by atoms with E-state index in [1.165, 1.54) is 173 Å². The number of hydrogen-bond acceptors (Lipinski definition) is 8. The third kappa shape index (κ3) is 65.7. The van der Waals surface area contributed by atoms with Crippen LogP contribution < -0.4 is 5.73 Å². The van der Waals surface area contributed by atoms with Gasteiger partial charge in [0, 0.05) is 19.4 Å². The van der Waals surface area contributed by atoms with Gasteiger partial charge in [-0.25, -0.2) is 4.57 Å². The first-order valence-electron chi connectivity index (χ1n) is 33.4. The summed E-state index contributed by atoms with van der Waals surface area (Å²) in [5, 5.41) is 0. The molecule has 0 saturated heterocycles. The van der Waals surface area contributed by atoms with E-state index < -0.39 is 26.5 Å². The molecule has 0 radical (unpaired) electrons. The van der Waals surface area contributed by atoms with Crippen molar-refractivity contribution in [3.63, 3.8) is 0 Å². The second kappa shape index (κ2) is 65.8. The maximum atomic E-state index is 12.8. The zero-order valence-electron chi connectivity index (χ0n) is 52.2. The molecule has 0 aliphatic carbocycles. The number of hydrogen-bond donors (Lipinski definition) is 2. The van der Waals surface area contributed by atoms with E-state index in [2.05, 4.69) is 123 Å². The number of phosphoric ester groups is 1. The van der Waals surface area contributed by atoms with Gasteiger partial charge < -0.3 is 20.1 Å². The lowest BCUT2D eigenvalue weighted by Gasteiger charge is -2.19. The molecule has 3 N–H and O–H groups in total. The van der Waals surface area contributed by atoms with Gasteiger partial charge in [-0.1, -0.05) is 290 Å². The van der Waals surface area contributed by atoms with Crippen LogP contribution in [0.15, 0.2) is 109 Å². The topological polar surface area (TPSA) is 134 Å². The van der Waals surface area contributed by atoms with Gasteiger partial charge >= 0.3 is 19.8 Å². The first kappa shape index (κ1) is 77.7. The number of allylic oxidation sites excluding steroid dienone is 18. The molecule has 9 nitrogen and oxygen atoms in total. The lowest BCUT2D eigenvalue weighted by molar-refractivity contribution is -0.161. The van der Waals surface area contributed by atoms with Gasteiger partial charge in [-0.2, -0.15) is 0 Å². The predicted molar refractivity (Wildman–Crippen MR) is 348 cm³/mol. The molecule has 2 atom stereocenters. The maximum Gasteiger partial charge on any atom is 0.472 e. The average molecular weight is 1150 g/mol. The molecule has 0 aromatic carbocycles. The molecule has 0 spiro atoms. The van der Waals surface area contributed by atoms with Crippen molar-refractivity contribution in [2.45, 2.75) is 302 Å². The van der Waals surface area contributed by atoms with Crippen LogP contribution >= 0.6 is 7.82 Å². The van der Waals surface area contributed by atoms with E-state index in [0.717, 1.165) is 89.9 Å². The molecular weight excluding hydrogens is 1030 g/mol. The molecule has 0 bridgehead atoms. The van der Waals surface area contributed by atoms with Crippen molar-refractivity contribution in [3.05, 3.63) is 109 Å². The van der Waals surface area contributed by atoms with E-state index >= 15 is 0 Å². The number of rotatable bonds is 62. The lowest BCUT2D eigenvalue weighted by Crippen LogP contribution is -2.29. The van der Waals surface area contributed by atoms with Gasteiger partial charge in [-0.15, -0.1) is 0 Å². The molecule has 0 heterocycles. The van der Waals surface area contributed by atoms with Crippen LogP contribution in [0.1, 0.15) is 296 Å². The standard InChI is InChI=1S/C71H124NO8P/c1-3-5-7-9-11-13-15-17-19-21-23-25-27-28-29-30-31-32-33-34-35-36-37-38-39-40-42-44-46-48-50-52-54-56-58-60-62-64-71(74)80-69(68-79-81(75,76)78-66-65-72)67-77-70(73)63-61-59-57-55-53-51-49-47-45-43-41-26-24-22-20-18-16-14-12-10-8-6-4-2/h5,7,11,13,17,19,22-25,28-29,31-32,34-35,37-38,69H,3-4,6,8-10,12,14-16,18,20-21,26-27,30,33,36,39-68,72H2,1-2H3,(H,75,76)/b7-5-,13-11-,19-17-,24-22-,25-23-,29-28-,32-31-,35-34-,38-37-. The number of ether oxygens (including phenoxy) is 2. The highest BCUT2D eigenvalue weighted by atomic mass is 31.2. The molecular formula is C71H124NO8P. The van der Waals surface area contributed by atoms with Crippen molar-refractivity contribution in [1.29, 1.82) is 0 Å². The Bertz CT molecular complexity index is 1690. The SMILES string of the molecule is CC/C=C\C/C=C\C/C=C\C/C=C\C/C=C\C/C=C\C/C=C\C/C=C\CCCCCCCCCCCCCCC(=O)OC(COC(=O)CCCCCCCCCCCCC/C=C\CCCCCCCCCC)COP(=O)(O)OCCN. The minimum Gasteiger partial charge on any atom is -0.462 e. The molecule has 0 fully saturated rings. The van der Waals surface area contributed by atoms with E-state index in [4.69, 9.17) is 24.3 Å². The number of unbranched alkanes of at least 4 members (excludes halogenated alkanes) is 31. The Morgan fingerprint density at radius 2 is 0.679 bits per heavy atom. The Balaban J connectivity index is 3.93. The summed E-state index contributed by atoms with van der Waals surface area (Å²) in [4.78, 5) is 35.3. The van der Waals surface area contributed by atoms with Crippen LogP contribution in [-0.4, -0.2) is 49.3 Å². The van der Waals surface area contributed by atoms with Crippen molar-refractivity contribution >= 4 is 19.8 Å². The van der Waals surface area contributed by atoms with Gasteiger partial charge in [0.15, 0.2) is 6.10 Å². The van der Waals surface area contributed by atoms with Gasteiger partial charge in [0.2, 0.25) is 0 Å². The summed E-state index contributed by atoms with van der Waals surface area (Å²) in [6.45, 7) is 3.65. The van der Waals surface area contributed by atoms with Gasteiger partial charge in [-0.3, -0.25) is 18.6 Å². The largest absolute Gasteiger partial charge is 0.472 e. The van der Waals surface area contributed by atoms with Crippen molar-refractivity contribution < 1.29 is 37.6 Å². The normalized spacial score (nSPS) is 13.7. The van der Waals surface area contributed by atoms with Gasteiger partial charge in [0.1, 0.15) is 6.61 Å². The molecule has 81 heavy (non-hydrogen) atoms. The second-order valence-electron chi connectivity index (χ2n) is 22.0. The zero-order valence-corrected chi connectivity index (χ0v) is 53.1. The first-order valence-corrected chi connectivity index (χ1v) is 34.9.